The Bertz CT molecular complexity index is 612. The summed E-state index contributed by atoms with van der Waals surface area (Å²) in [5, 5.41) is 3.25. The number of nitrogens with one attached hydrogen (secondary N) is 1. The van der Waals surface area contributed by atoms with Gasteiger partial charge in [-0.3, -0.25) is 4.79 Å². The quantitative estimate of drug-likeness (QED) is 0.871. The first kappa shape index (κ1) is 16.8. The van der Waals surface area contributed by atoms with E-state index in [1.165, 1.54) is 24.0 Å². The summed E-state index contributed by atoms with van der Waals surface area (Å²) in [6.07, 6.45) is 4.61. The van der Waals surface area contributed by atoms with Gasteiger partial charge in [0, 0.05) is 19.5 Å². The van der Waals surface area contributed by atoms with Crippen LogP contribution in [0.1, 0.15) is 49.3 Å². The lowest BCUT2D eigenvalue weighted by Gasteiger charge is -2.34. The number of nitrogens with zero attached hydrogens (tertiary/aromatic N) is 1. The lowest BCUT2D eigenvalue weighted by molar-refractivity contribution is -0.119. The summed E-state index contributed by atoms with van der Waals surface area (Å²) in [4.78, 5) is 25.8. The van der Waals surface area contributed by atoms with E-state index < -0.39 is 0 Å². The maximum Gasteiger partial charge on any atom is 0.317 e. The van der Waals surface area contributed by atoms with Gasteiger partial charge in [-0.25, -0.2) is 4.79 Å². The number of rotatable bonds is 5. The molecule has 2 fully saturated rings. The van der Waals surface area contributed by atoms with E-state index in [9.17, 15) is 9.59 Å². The number of aryl methyl sites for hydroxylation is 1. The summed E-state index contributed by atoms with van der Waals surface area (Å²) in [6.45, 7) is 3.48. The molecule has 0 unspecified atom stereocenters. The molecule has 1 saturated carbocycles. The summed E-state index contributed by atoms with van der Waals surface area (Å²) in [5.74, 6) is 0.458. The largest absolute Gasteiger partial charge is 0.370 e. The number of carbonyl (C=O) groups excluding carboxylic acids is 2. The molecule has 3 N–H and O–H groups in total. The van der Waals surface area contributed by atoms with E-state index >= 15 is 0 Å². The van der Waals surface area contributed by atoms with Crippen LogP contribution in [0.4, 0.5) is 4.79 Å². The van der Waals surface area contributed by atoms with E-state index in [-0.39, 0.29) is 23.9 Å². The smallest absolute Gasteiger partial charge is 0.317 e. The highest BCUT2D eigenvalue weighted by atomic mass is 16.2. The van der Waals surface area contributed by atoms with Crippen LogP contribution in [0.25, 0.3) is 0 Å². The van der Waals surface area contributed by atoms with Gasteiger partial charge in [0.15, 0.2) is 0 Å². The van der Waals surface area contributed by atoms with Crippen molar-refractivity contribution in [3.05, 3.63) is 35.4 Å². The molecule has 0 aromatic heterocycles. The number of carbonyl (C=O) groups is 2. The Labute approximate surface area is 143 Å². The van der Waals surface area contributed by atoms with E-state index in [2.05, 4.69) is 24.4 Å². The van der Waals surface area contributed by atoms with Gasteiger partial charge in [-0.05, 0) is 55.6 Å². The van der Waals surface area contributed by atoms with Crippen LogP contribution >= 0.6 is 0 Å². The van der Waals surface area contributed by atoms with Crippen LogP contribution in [0.15, 0.2) is 24.3 Å². The van der Waals surface area contributed by atoms with Crippen LogP contribution in [0.2, 0.25) is 0 Å². The molecule has 0 spiro atoms. The summed E-state index contributed by atoms with van der Waals surface area (Å²) >= 11 is 0. The Morgan fingerprint density at radius 2 is 2.04 bits per heavy atom. The number of urea groups is 1. The molecule has 5 heteroatoms. The van der Waals surface area contributed by atoms with Gasteiger partial charge in [0.2, 0.25) is 5.91 Å². The van der Waals surface area contributed by atoms with Crippen molar-refractivity contribution in [2.24, 2.45) is 17.6 Å². The Balaban J connectivity index is 1.66. The number of piperidine rings is 1. The third kappa shape index (κ3) is 4.08. The molecule has 1 aromatic carbocycles. The highest BCUT2D eigenvalue weighted by molar-refractivity contribution is 5.76. The summed E-state index contributed by atoms with van der Waals surface area (Å²) in [6, 6.07) is 8.36. The fourth-order valence-electron chi connectivity index (χ4n) is 3.74. The molecule has 2 aliphatic rings. The zero-order valence-electron chi connectivity index (χ0n) is 14.3. The predicted octanol–water partition coefficient (Wildman–Crippen LogP) is 2.74. The molecule has 5 nitrogen and oxygen atoms in total. The van der Waals surface area contributed by atoms with E-state index in [1.54, 1.807) is 0 Å². The van der Waals surface area contributed by atoms with Crippen LogP contribution < -0.4 is 11.1 Å². The molecular weight excluding hydrogens is 302 g/mol. The molecular formula is C19H27N3O2. The first-order valence-corrected chi connectivity index (χ1v) is 8.94. The van der Waals surface area contributed by atoms with Crippen molar-refractivity contribution in [2.45, 2.75) is 45.1 Å². The van der Waals surface area contributed by atoms with Crippen molar-refractivity contribution < 1.29 is 9.59 Å². The molecule has 2 atom stereocenters. The third-order valence-corrected chi connectivity index (χ3v) is 5.19. The van der Waals surface area contributed by atoms with Crippen molar-refractivity contribution in [3.63, 3.8) is 0 Å². The van der Waals surface area contributed by atoms with Crippen molar-refractivity contribution in [2.75, 3.05) is 13.1 Å². The summed E-state index contributed by atoms with van der Waals surface area (Å²) < 4.78 is 0. The molecule has 1 aromatic rings. The topological polar surface area (TPSA) is 75.4 Å². The second-order valence-corrected chi connectivity index (χ2v) is 7.25. The second kappa shape index (κ2) is 7.24. The van der Waals surface area contributed by atoms with Gasteiger partial charge in [-0.1, -0.05) is 24.3 Å². The molecule has 130 valence electrons. The number of primary amides is 1. The maximum atomic E-state index is 12.8. The number of hydrogen-bond donors (Lipinski definition) is 2. The molecule has 24 heavy (non-hydrogen) atoms. The van der Waals surface area contributed by atoms with Gasteiger partial charge in [-0.15, -0.1) is 0 Å². The number of likely N-dealkylation sites (tertiary alicyclic amines) is 1. The van der Waals surface area contributed by atoms with E-state index in [4.69, 9.17) is 5.73 Å². The normalized spacial score (nSPS) is 22.0. The van der Waals surface area contributed by atoms with Crippen LogP contribution in [0.5, 0.6) is 0 Å². The standard InChI is InChI=1S/C19H27N3O2/c1-13-5-2-3-7-16(13)18(15-8-9-15)21-19(24)22-10-4-6-14(12-22)11-17(20)23/h2-3,5,7,14-15,18H,4,6,8-12H2,1H3,(H2,20,23)(H,21,24)/t14-,18+/m0/s1. The number of amides is 3. The third-order valence-electron chi connectivity index (χ3n) is 5.19. The lowest BCUT2D eigenvalue weighted by atomic mass is 9.94. The fraction of sp³-hybridized carbons (Fsp3) is 0.579. The van der Waals surface area contributed by atoms with Crippen LogP contribution in [0, 0.1) is 18.8 Å². The van der Waals surface area contributed by atoms with Gasteiger partial charge < -0.3 is 16.0 Å². The molecule has 3 rings (SSSR count). The van der Waals surface area contributed by atoms with E-state index in [1.807, 2.05) is 17.0 Å². The second-order valence-electron chi connectivity index (χ2n) is 7.25. The summed E-state index contributed by atoms with van der Waals surface area (Å²) in [5.41, 5.74) is 7.75. The van der Waals surface area contributed by atoms with E-state index in [0.717, 1.165) is 19.4 Å². The Morgan fingerprint density at radius 3 is 2.71 bits per heavy atom. The van der Waals surface area contributed by atoms with Crippen molar-refractivity contribution in [1.29, 1.82) is 0 Å². The highest BCUT2D eigenvalue weighted by Gasteiger charge is 2.35. The Kier molecular flexibility index (Phi) is 5.07. The molecule has 0 radical (unpaired) electrons. The average molecular weight is 329 g/mol. The highest BCUT2D eigenvalue weighted by Crippen LogP contribution is 2.42. The zero-order chi connectivity index (χ0) is 17.1. The minimum absolute atomic E-state index is 0.00989. The van der Waals surface area contributed by atoms with Crippen LogP contribution in [-0.2, 0) is 4.79 Å². The zero-order valence-corrected chi connectivity index (χ0v) is 14.3. The monoisotopic (exact) mass is 329 g/mol. The van der Waals surface area contributed by atoms with Gasteiger partial charge in [0.25, 0.3) is 0 Å². The Morgan fingerprint density at radius 1 is 1.29 bits per heavy atom. The first-order valence-electron chi connectivity index (χ1n) is 8.94. The minimum atomic E-state index is -0.280. The van der Waals surface area contributed by atoms with Crippen LogP contribution in [-0.4, -0.2) is 29.9 Å². The molecule has 3 amide bonds. The Hall–Kier alpha value is -2.04. The van der Waals surface area contributed by atoms with Crippen molar-refractivity contribution in [1.82, 2.24) is 10.2 Å². The minimum Gasteiger partial charge on any atom is -0.370 e. The fourth-order valence-corrected chi connectivity index (χ4v) is 3.74. The van der Waals surface area contributed by atoms with E-state index in [0.29, 0.717) is 18.9 Å². The molecule has 1 aliphatic carbocycles. The number of nitrogens with two attached hydrogens (primary N) is 1. The number of hydrogen-bond acceptors (Lipinski definition) is 2. The van der Waals surface area contributed by atoms with Crippen LogP contribution in [0.3, 0.4) is 0 Å². The molecule has 1 heterocycles. The van der Waals surface area contributed by atoms with Gasteiger partial charge in [0.05, 0.1) is 6.04 Å². The molecule has 1 saturated heterocycles. The predicted molar refractivity (Wildman–Crippen MR) is 93.3 cm³/mol. The lowest BCUT2D eigenvalue weighted by Crippen LogP contribution is -2.47. The maximum absolute atomic E-state index is 12.8. The summed E-state index contributed by atoms with van der Waals surface area (Å²) in [7, 11) is 0. The van der Waals surface area contributed by atoms with Gasteiger partial charge in [-0.2, -0.15) is 0 Å². The first-order chi connectivity index (χ1) is 11.5. The van der Waals surface area contributed by atoms with Crippen molar-refractivity contribution >= 4 is 11.9 Å². The SMILES string of the molecule is Cc1ccccc1[C@H](NC(=O)N1CCC[C@@H](CC(N)=O)C1)C1CC1. The number of benzene rings is 1. The van der Waals surface area contributed by atoms with Crippen molar-refractivity contribution in [3.8, 4) is 0 Å². The average Bonchev–Trinajstić information content (AvgIpc) is 3.37. The molecule has 1 aliphatic heterocycles. The molecule has 0 bridgehead atoms. The van der Waals surface area contributed by atoms with Gasteiger partial charge in [0.1, 0.15) is 0 Å². The van der Waals surface area contributed by atoms with Gasteiger partial charge >= 0.3 is 6.03 Å².